The van der Waals surface area contributed by atoms with Crippen molar-refractivity contribution in [1.29, 1.82) is 0 Å². The lowest BCUT2D eigenvalue weighted by Gasteiger charge is -2.17. The molecule has 0 radical (unpaired) electrons. The molecule has 3 N–H and O–H groups in total. The van der Waals surface area contributed by atoms with Crippen molar-refractivity contribution < 1.29 is 13.2 Å². The van der Waals surface area contributed by atoms with Gasteiger partial charge in [-0.25, -0.2) is 18.4 Å². The van der Waals surface area contributed by atoms with E-state index in [0.29, 0.717) is 11.5 Å². The number of benzene rings is 2. The Kier molecular flexibility index (Phi) is 5.43. The van der Waals surface area contributed by atoms with Crippen molar-refractivity contribution in [2.45, 2.75) is 5.75 Å². The number of para-hydroxylation sites is 1. The molecule has 31 heavy (non-hydrogen) atoms. The molecule has 2 heterocycles. The first kappa shape index (κ1) is 20.5. The van der Waals surface area contributed by atoms with Crippen LogP contribution in [0.25, 0.3) is 22.3 Å². The van der Waals surface area contributed by atoms with Crippen LogP contribution in [-0.4, -0.2) is 42.1 Å². The Morgan fingerprint density at radius 3 is 2.61 bits per heavy atom. The van der Waals surface area contributed by atoms with E-state index in [-0.39, 0.29) is 11.5 Å². The number of nitrogens with zero attached hydrogens (tertiary/aromatic N) is 3. The average molecular weight is 436 g/mol. The van der Waals surface area contributed by atoms with E-state index in [1.54, 1.807) is 31.3 Å². The summed E-state index contributed by atoms with van der Waals surface area (Å²) in [5.74, 6) is -1.06. The third-order valence-electron chi connectivity index (χ3n) is 4.84. The molecule has 9 heteroatoms. The van der Waals surface area contributed by atoms with E-state index in [0.717, 1.165) is 16.5 Å². The number of hydrogen-bond acceptors (Lipinski definition) is 6. The van der Waals surface area contributed by atoms with E-state index in [4.69, 9.17) is 5.73 Å². The van der Waals surface area contributed by atoms with Gasteiger partial charge < -0.3 is 15.6 Å². The third kappa shape index (κ3) is 4.72. The van der Waals surface area contributed by atoms with Gasteiger partial charge in [0.25, 0.3) is 0 Å². The van der Waals surface area contributed by atoms with Gasteiger partial charge in [-0.2, -0.15) is 0 Å². The fraction of sp³-hybridized carbons (Fsp3) is 0.136. The van der Waals surface area contributed by atoms with Crippen molar-refractivity contribution in [1.82, 2.24) is 15.0 Å². The van der Waals surface area contributed by atoms with Crippen molar-refractivity contribution >= 4 is 38.2 Å². The largest absolute Gasteiger partial charge is 0.384 e. The monoisotopic (exact) mass is 435 g/mol. The molecule has 0 fully saturated rings. The number of H-pyrrole nitrogens is 1. The number of carbonyl (C=O) groups is 1. The van der Waals surface area contributed by atoms with Gasteiger partial charge in [0.1, 0.15) is 11.6 Å². The maximum Gasteiger partial charge on any atom is 0.241 e. The summed E-state index contributed by atoms with van der Waals surface area (Å²) in [5, 5.41) is 0.979. The number of anilines is 2. The summed E-state index contributed by atoms with van der Waals surface area (Å²) in [7, 11) is -2.22. The van der Waals surface area contributed by atoms with Crippen LogP contribution in [0.15, 0.2) is 66.9 Å². The number of nitrogens with one attached hydrogen (secondary N) is 1. The summed E-state index contributed by atoms with van der Waals surface area (Å²) in [6, 6.07) is 17.8. The molecule has 4 aromatic rings. The third-order valence-corrected chi connectivity index (χ3v) is 6.26. The van der Waals surface area contributed by atoms with Crippen molar-refractivity contribution in [3.63, 3.8) is 0 Å². The van der Waals surface area contributed by atoms with Gasteiger partial charge in [-0.3, -0.25) is 4.79 Å². The maximum atomic E-state index is 12.7. The zero-order chi connectivity index (χ0) is 22.0. The zero-order valence-corrected chi connectivity index (χ0v) is 17.6. The first-order valence-electron chi connectivity index (χ1n) is 9.54. The minimum Gasteiger partial charge on any atom is -0.384 e. The van der Waals surface area contributed by atoms with Crippen LogP contribution in [0.3, 0.4) is 0 Å². The highest BCUT2D eigenvalue weighted by atomic mass is 32.2. The van der Waals surface area contributed by atoms with Crippen LogP contribution in [0.4, 0.5) is 11.5 Å². The van der Waals surface area contributed by atoms with Crippen molar-refractivity contribution in [2.75, 3.05) is 23.4 Å². The second kappa shape index (κ2) is 8.19. The Balaban J connectivity index is 1.54. The molecule has 0 aliphatic carbocycles. The average Bonchev–Trinajstić information content (AvgIpc) is 3.20. The molecule has 158 valence electrons. The summed E-state index contributed by atoms with van der Waals surface area (Å²) in [6.07, 6.45) is 1.83. The summed E-state index contributed by atoms with van der Waals surface area (Å²) in [4.78, 5) is 25.5. The summed E-state index contributed by atoms with van der Waals surface area (Å²) in [6.45, 7) is 0. The van der Waals surface area contributed by atoms with Crippen molar-refractivity contribution in [3.05, 3.63) is 72.6 Å². The lowest BCUT2D eigenvalue weighted by atomic mass is 10.1. The number of sulfone groups is 1. The van der Waals surface area contributed by atoms with Crippen LogP contribution in [0, 0.1) is 0 Å². The Labute approximate surface area is 179 Å². The number of hydrogen-bond donors (Lipinski definition) is 2. The normalized spacial score (nSPS) is 11.5. The lowest BCUT2D eigenvalue weighted by Crippen LogP contribution is -2.33. The van der Waals surface area contributed by atoms with Crippen LogP contribution in [-0.2, 0) is 20.4 Å². The van der Waals surface area contributed by atoms with Gasteiger partial charge in [0.2, 0.25) is 5.91 Å². The maximum absolute atomic E-state index is 12.7. The molecule has 4 rings (SSSR count). The molecule has 1 amide bonds. The summed E-state index contributed by atoms with van der Waals surface area (Å²) >= 11 is 0. The Morgan fingerprint density at radius 2 is 1.84 bits per heavy atom. The number of amides is 1. The van der Waals surface area contributed by atoms with Crippen LogP contribution in [0.1, 0.15) is 5.69 Å². The quantitative estimate of drug-likeness (QED) is 0.480. The van der Waals surface area contributed by atoms with Crippen LogP contribution in [0.5, 0.6) is 0 Å². The fourth-order valence-corrected chi connectivity index (χ4v) is 4.54. The molecule has 2 aromatic heterocycles. The van der Waals surface area contributed by atoms with Gasteiger partial charge in [0.05, 0.1) is 11.4 Å². The number of aromatic nitrogens is 3. The fourth-order valence-electron chi connectivity index (χ4n) is 3.27. The molecule has 0 aliphatic heterocycles. The Morgan fingerprint density at radius 1 is 1.06 bits per heavy atom. The predicted molar refractivity (Wildman–Crippen MR) is 121 cm³/mol. The minimum atomic E-state index is -3.77. The van der Waals surface area contributed by atoms with Gasteiger partial charge in [-0.05, 0) is 36.4 Å². The first-order chi connectivity index (χ1) is 14.8. The molecule has 8 nitrogen and oxygen atoms in total. The molecule has 0 unspecified atom stereocenters. The van der Waals surface area contributed by atoms with E-state index in [9.17, 15) is 13.2 Å². The smallest absolute Gasteiger partial charge is 0.241 e. The molecular formula is C22H21N5O3S. The highest BCUT2D eigenvalue weighted by Gasteiger charge is 2.22. The van der Waals surface area contributed by atoms with E-state index < -0.39 is 27.3 Å². The number of aromatic amines is 1. The Hall–Kier alpha value is -3.72. The second-order valence-corrected chi connectivity index (χ2v) is 9.27. The van der Waals surface area contributed by atoms with Gasteiger partial charge in [-0.1, -0.05) is 18.2 Å². The van der Waals surface area contributed by atoms with Gasteiger partial charge in [0, 0.05) is 41.5 Å². The number of nitrogen functional groups attached to an aromatic ring is 1. The standard InChI is InChI=1S/C22H21N5O3S/c1-27(18-5-3-2-4-6-18)21(28)14-31(29,30)13-17-12-20(23)26-22(25-17)16-7-8-19-15(11-16)9-10-24-19/h2-12,24H,13-14H2,1H3,(H2,23,25,26). The highest BCUT2D eigenvalue weighted by Crippen LogP contribution is 2.23. The topological polar surface area (TPSA) is 122 Å². The van der Waals surface area contributed by atoms with Gasteiger partial charge in [0.15, 0.2) is 15.7 Å². The zero-order valence-electron chi connectivity index (χ0n) is 16.8. The minimum absolute atomic E-state index is 0.164. The predicted octanol–water partition coefficient (Wildman–Crippen LogP) is 2.78. The molecule has 0 aliphatic rings. The number of carbonyl (C=O) groups excluding carboxylic acids is 1. The second-order valence-electron chi connectivity index (χ2n) is 7.21. The molecule has 2 aromatic carbocycles. The number of rotatable bonds is 6. The van der Waals surface area contributed by atoms with Gasteiger partial charge >= 0.3 is 0 Å². The van der Waals surface area contributed by atoms with Crippen molar-refractivity contribution in [3.8, 4) is 11.4 Å². The molecule has 0 saturated carbocycles. The van der Waals surface area contributed by atoms with Crippen molar-refractivity contribution in [2.24, 2.45) is 0 Å². The Bertz CT molecular complexity index is 1350. The number of nitrogens with two attached hydrogens (primary N) is 1. The lowest BCUT2D eigenvalue weighted by molar-refractivity contribution is -0.115. The highest BCUT2D eigenvalue weighted by molar-refractivity contribution is 7.91. The molecular weight excluding hydrogens is 414 g/mol. The first-order valence-corrected chi connectivity index (χ1v) is 11.4. The summed E-state index contributed by atoms with van der Waals surface area (Å²) in [5.41, 5.74) is 8.46. The molecule has 0 atom stereocenters. The van der Waals surface area contributed by atoms with E-state index >= 15 is 0 Å². The molecule has 0 spiro atoms. The van der Waals surface area contributed by atoms with Crippen LogP contribution in [0.2, 0.25) is 0 Å². The number of fused-ring (bicyclic) bond motifs is 1. The molecule has 0 saturated heterocycles. The van der Waals surface area contributed by atoms with Crippen LogP contribution < -0.4 is 10.6 Å². The van der Waals surface area contributed by atoms with E-state index in [1.165, 1.54) is 11.0 Å². The molecule has 0 bridgehead atoms. The van der Waals surface area contributed by atoms with E-state index in [1.807, 2.05) is 36.5 Å². The SMILES string of the molecule is CN(C(=O)CS(=O)(=O)Cc1cc(N)nc(-c2ccc3[nH]ccc3c2)n1)c1ccccc1. The summed E-state index contributed by atoms with van der Waals surface area (Å²) < 4.78 is 25.4. The van der Waals surface area contributed by atoms with Crippen LogP contribution >= 0.6 is 0 Å². The van der Waals surface area contributed by atoms with E-state index in [2.05, 4.69) is 15.0 Å². The van der Waals surface area contributed by atoms with Gasteiger partial charge in [-0.15, -0.1) is 0 Å².